The molecule has 0 saturated carbocycles. The van der Waals surface area contributed by atoms with E-state index >= 15 is 0 Å². The van der Waals surface area contributed by atoms with Crippen LogP contribution in [0, 0.1) is 0 Å². The molecule has 2 rings (SSSR count). The largest absolute Gasteiger partial charge is 0.297 e. The first kappa shape index (κ1) is 11.4. The lowest BCUT2D eigenvalue weighted by molar-refractivity contribution is 0.107. The molecule has 2 aliphatic rings. The van der Waals surface area contributed by atoms with Gasteiger partial charge in [-0.3, -0.25) is 4.90 Å². The van der Waals surface area contributed by atoms with Crippen molar-refractivity contribution in [2.24, 2.45) is 0 Å². The highest BCUT2D eigenvalue weighted by Gasteiger charge is 2.39. The molecule has 0 unspecified atom stereocenters. The Morgan fingerprint density at radius 3 is 2.67 bits per heavy atom. The van der Waals surface area contributed by atoms with Gasteiger partial charge in [-0.25, -0.2) is 8.42 Å². The SMILES string of the molecule is CC[C@H]1CN2CCC[C@@H]2CN1S(C)(=O)=O. The van der Waals surface area contributed by atoms with E-state index in [1.165, 1.54) is 12.7 Å². The second-order valence-electron chi connectivity index (χ2n) is 4.69. The van der Waals surface area contributed by atoms with Crippen LogP contribution in [0.25, 0.3) is 0 Å². The Kier molecular flexibility index (Phi) is 3.05. The highest BCUT2D eigenvalue weighted by molar-refractivity contribution is 7.88. The minimum atomic E-state index is -3.02. The first-order valence-electron chi connectivity index (χ1n) is 5.73. The van der Waals surface area contributed by atoms with Crippen LogP contribution in [-0.4, -0.2) is 55.6 Å². The van der Waals surface area contributed by atoms with Gasteiger partial charge in [-0.15, -0.1) is 0 Å². The fourth-order valence-electron chi connectivity index (χ4n) is 2.80. The van der Waals surface area contributed by atoms with Crippen LogP contribution < -0.4 is 0 Å². The molecule has 2 aliphatic heterocycles. The summed E-state index contributed by atoms with van der Waals surface area (Å²) in [6.07, 6.45) is 4.62. The molecule has 2 saturated heterocycles. The molecule has 15 heavy (non-hydrogen) atoms. The Balaban J connectivity index is 2.16. The van der Waals surface area contributed by atoms with E-state index in [1.807, 2.05) is 0 Å². The van der Waals surface area contributed by atoms with Gasteiger partial charge in [0, 0.05) is 25.2 Å². The van der Waals surface area contributed by atoms with Crippen molar-refractivity contribution in [1.29, 1.82) is 0 Å². The third kappa shape index (κ3) is 2.19. The topological polar surface area (TPSA) is 40.6 Å². The summed E-state index contributed by atoms with van der Waals surface area (Å²) in [5.41, 5.74) is 0. The van der Waals surface area contributed by atoms with E-state index in [0.717, 1.165) is 25.9 Å². The molecule has 88 valence electrons. The van der Waals surface area contributed by atoms with Crippen LogP contribution in [-0.2, 0) is 10.0 Å². The molecule has 0 bridgehead atoms. The highest BCUT2D eigenvalue weighted by Crippen LogP contribution is 2.27. The third-order valence-corrected chi connectivity index (χ3v) is 4.94. The van der Waals surface area contributed by atoms with Crippen LogP contribution in [0.4, 0.5) is 0 Å². The molecule has 0 aromatic rings. The maximum Gasteiger partial charge on any atom is 0.211 e. The van der Waals surface area contributed by atoms with Gasteiger partial charge >= 0.3 is 0 Å². The number of fused-ring (bicyclic) bond motifs is 1. The van der Waals surface area contributed by atoms with Crippen molar-refractivity contribution >= 4 is 10.0 Å². The van der Waals surface area contributed by atoms with E-state index < -0.39 is 10.0 Å². The van der Waals surface area contributed by atoms with Crippen LogP contribution in [0.5, 0.6) is 0 Å². The van der Waals surface area contributed by atoms with Crippen molar-refractivity contribution < 1.29 is 8.42 Å². The molecule has 0 N–H and O–H groups in total. The zero-order valence-corrected chi connectivity index (χ0v) is 10.3. The Morgan fingerprint density at radius 1 is 1.33 bits per heavy atom. The molecule has 2 heterocycles. The standard InChI is InChI=1S/C10H20N2O2S/c1-3-9-7-11-6-4-5-10(11)8-12(9)15(2,13)14/h9-10H,3-8H2,1-2H3/t9-,10+/m0/s1. The Labute approximate surface area is 92.3 Å². The van der Waals surface area contributed by atoms with Gasteiger partial charge in [-0.1, -0.05) is 6.92 Å². The molecule has 4 nitrogen and oxygen atoms in total. The van der Waals surface area contributed by atoms with Crippen molar-refractivity contribution in [2.45, 2.75) is 38.3 Å². The molecule has 5 heteroatoms. The number of sulfonamides is 1. The van der Waals surface area contributed by atoms with Gasteiger partial charge in [0.05, 0.1) is 6.26 Å². The molecule has 2 fully saturated rings. The molecular formula is C10H20N2O2S. The van der Waals surface area contributed by atoms with Crippen LogP contribution >= 0.6 is 0 Å². The third-order valence-electron chi connectivity index (χ3n) is 3.64. The van der Waals surface area contributed by atoms with Crippen molar-refractivity contribution in [3.05, 3.63) is 0 Å². The van der Waals surface area contributed by atoms with Crippen LogP contribution in [0.2, 0.25) is 0 Å². The summed E-state index contributed by atoms with van der Waals surface area (Å²) in [7, 11) is -3.02. The molecule has 0 aromatic heterocycles. The summed E-state index contributed by atoms with van der Waals surface area (Å²) < 4.78 is 25.0. The smallest absolute Gasteiger partial charge is 0.211 e. The normalized spacial score (nSPS) is 34.3. The molecule has 0 spiro atoms. The molecular weight excluding hydrogens is 212 g/mol. The van der Waals surface area contributed by atoms with Crippen molar-refractivity contribution in [2.75, 3.05) is 25.9 Å². The van der Waals surface area contributed by atoms with Gasteiger partial charge in [0.2, 0.25) is 10.0 Å². The van der Waals surface area contributed by atoms with Crippen molar-refractivity contribution in [3.63, 3.8) is 0 Å². The minimum Gasteiger partial charge on any atom is -0.297 e. The number of hydrogen-bond donors (Lipinski definition) is 0. The molecule has 0 amide bonds. The summed E-state index contributed by atoms with van der Waals surface area (Å²) in [6, 6.07) is 0.664. The number of nitrogens with zero attached hydrogens (tertiary/aromatic N) is 2. The van der Waals surface area contributed by atoms with Crippen molar-refractivity contribution in [1.82, 2.24) is 9.21 Å². The summed E-state index contributed by atoms with van der Waals surface area (Å²) in [5.74, 6) is 0. The average Bonchev–Trinajstić information content (AvgIpc) is 2.60. The van der Waals surface area contributed by atoms with Gasteiger partial charge in [0.1, 0.15) is 0 Å². The van der Waals surface area contributed by atoms with E-state index in [-0.39, 0.29) is 6.04 Å². The maximum atomic E-state index is 11.7. The fraction of sp³-hybridized carbons (Fsp3) is 1.00. The van der Waals surface area contributed by atoms with E-state index in [9.17, 15) is 8.42 Å². The van der Waals surface area contributed by atoms with Crippen LogP contribution in [0.15, 0.2) is 0 Å². The summed E-state index contributed by atoms with van der Waals surface area (Å²) >= 11 is 0. The van der Waals surface area contributed by atoms with Gasteiger partial charge in [0.25, 0.3) is 0 Å². The van der Waals surface area contributed by atoms with E-state index in [2.05, 4.69) is 11.8 Å². The lowest BCUT2D eigenvalue weighted by Crippen LogP contribution is -2.57. The molecule has 0 radical (unpaired) electrons. The average molecular weight is 232 g/mol. The lowest BCUT2D eigenvalue weighted by atomic mass is 10.1. The summed E-state index contributed by atoms with van der Waals surface area (Å²) in [4.78, 5) is 2.45. The quantitative estimate of drug-likeness (QED) is 0.696. The number of hydrogen-bond acceptors (Lipinski definition) is 3. The predicted molar refractivity (Wildman–Crippen MR) is 60.2 cm³/mol. The first-order chi connectivity index (χ1) is 7.02. The van der Waals surface area contributed by atoms with Gasteiger partial charge in [0.15, 0.2) is 0 Å². The van der Waals surface area contributed by atoms with E-state index in [0.29, 0.717) is 12.6 Å². The monoisotopic (exact) mass is 232 g/mol. The van der Waals surface area contributed by atoms with E-state index in [1.54, 1.807) is 4.31 Å². The predicted octanol–water partition coefficient (Wildman–Crippen LogP) is 0.505. The zero-order chi connectivity index (χ0) is 11.1. The zero-order valence-electron chi connectivity index (χ0n) is 9.52. The molecule has 2 atom stereocenters. The van der Waals surface area contributed by atoms with Crippen molar-refractivity contribution in [3.8, 4) is 0 Å². The Bertz CT molecular complexity index is 328. The minimum absolute atomic E-state index is 0.189. The molecule has 0 aromatic carbocycles. The maximum absolute atomic E-state index is 11.7. The number of rotatable bonds is 2. The van der Waals surface area contributed by atoms with E-state index in [4.69, 9.17) is 0 Å². The van der Waals surface area contributed by atoms with Gasteiger partial charge < -0.3 is 0 Å². The lowest BCUT2D eigenvalue weighted by Gasteiger charge is -2.41. The molecule has 0 aliphatic carbocycles. The summed E-state index contributed by atoms with van der Waals surface area (Å²) in [5, 5.41) is 0. The second kappa shape index (κ2) is 4.03. The van der Waals surface area contributed by atoms with Gasteiger partial charge in [-0.2, -0.15) is 4.31 Å². The van der Waals surface area contributed by atoms with Gasteiger partial charge in [-0.05, 0) is 25.8 Å². The summed E-state index contributed by atoms with van der Waals surface area (Å²) in [6.45, 7) is 4.85. The number of piperazine rings is 1. The van der Waals surface area contributed by atoms with Crippen LogP contribution in [0.1, 0.15) is 26.2 Å². The first-order valence-corrected chi connectivity index (χ1v) is 7.58. The second-order valence-corrected chi connectivity index (χ2v) is 6.62. The Morgan fingerprint density at radius 2 is 2.07 bits per heavy atom. The highest BCUT2D eigenvalue weighted by atomic mass is 32.2. The fourth-order valence-corrected chi connectivity index (χ4v) is 4.00. The van der Waals surface area contributed by atoms with Crippen LogP contribution in [0.3, 0.4) is 0 Å². The Hall–Kier alpha value is -0.130.